The van der Waals surface area contributed by atoms with Crippen LogP contribution in [0.15, 0.2) is 24.3 Å². The van der Waals surface area contributed by atoms with Crippen LogP contribution in [0.4, 0.5) is 0 Å². The van der Waals surface area contributed by atoms with Crippen molar-refractivity contribution in [2.45, 2.75) is 39.5 Å². The number of carbonyl (C=O) groups is 1. The average molecular weight is 314 g/mol. The van der Waals surface area contributed by atoms with E-state index in [-0.39, 0.29) is 11.7 Å². The van der Waals surface area contributed by atoms with Gasteiger partial charge in [-0.1, -0.05) is 13.8 Å². The summed E-state index contributed by atoms with van der Waals surface area (Å²) < 4.78 is 0. The summed E-state index contributed by atoms with van der Waals surface area (Å²) in [4.78, 5) is 15.4. The second kappa shape index (κ2) is 6.65. The fourth-order valence-corrected chi connectivity index (χ4v) is 3.63. The molecule has 1 aromatic carbocycles. The molecule has 1 amide bonds. The largest absolute Gasteiger partial charge is 0.508 e. The van der Waals surface area contributed by atoms with E-state index in [0.29, 0.717) is 11.6 Å². The Balaban J connectivity index is 1.55. The van der Waals surface area contributed by atoms with Crippen molar-refractivity contribution in [3.63, 3.8) is 0 Å². The number of carbonyl (C=O) groups excluding carboxylic acids is 1. The molecule has 0 bridgehead atoms. The molecule has 0 radical (unpaired) electrons. The molecule has 4 heteroatoms. The van der Waals surface area contributed by atoms with E-state index in [0.717, 1.165) is 29.3 Å². The summed E-state index contributed by atoms with van der Waals surface area (Å²) in [6, 6.07) is 6.86. The molecule has 0 saturated heterocycles. The van der Waals surface area contributed by atoms with Gasteiger partial charge in [-0.05, 0) is 67.7 Å². The first-order chi connectivity index (χ1) is 11.0. The Hall–Kier alpha value is -1.97. The van der Waals surface area contributed by atoms with E-state index in [1.165, 1.54) is 25.7 Å². The maximum absolute atomic E-state index is 12.3. The Morgan fingerprint density at radius 1 is 1.26 bits per heavy atom. The van der Waals surface area contributed by atoms with Gasteiger partial charge in [-0.3, -0.25) is 4.79 Å². The minimum absolute atomic E-state index is 0.0633. The lowest BCUT2D eigenvalue weighted by atomic mass is 9.77. The van der Waals surface area contributed by atoms with Crippen LogP contribution in [0.3, 0.4) is 0 Å². The van der Waals surface area contributed by atoms with E-state index in [9.17, 15) is 9.90 Å². The van der Waals surface area contributed by atoms with Crippen molar-refractivity contribution >= 4 is 16.8 Å². The fraction of sp³-hybridized carbons (Fsp3) is 0.526. The van der Waals surface area contributed by atoms with E-state index in [4.69, 9.17) is 0 Å². The molecule has 1 fully saturated rings. The number of benzene rings is 1. The van der Waals surface area contributed by atoms with Gasteiger partial charge in [0.05, 0.1) is 0 Å². The van der Waals surface area contributed by atoms with Crippen LogP contribution in [0, 0.1) is 17.8 Å². The van der Waals surface area contributed by atoms with Crippen LogP contribution in [0.5, 0.6) is 5.75 Å². The summed E-state index contributed by atoms with van der Waals surface area (Å²) in [5.74, 6) is 2.37. The molecule has 0 unspecified atom stereocenters. The summed E-state index contributed by atoms with van der Waals surface area (Å²) >= 11 is 0. The highest BCUT2D eigenvalue weighted by atomic mass is 16.3. The quantitative estimate of drug-likeness (QED) is 0.796. The zero-order valence-corrected chi connectivity index (χ0v) is 13.9. The number of H-pyrrole nitrogens is 1. The number of aromatic nitrogens is 1. The second-order valence-corrected chi connectivity index (χ2v) is 7.19. The predicted octanol–water partition coefficient (Wildman–Crippen LogP) is 4.07. The number of amides is 1. The number of aromatic hydroxyl groups is 1. The third kappa shape index (κ3) is 3.69. The Morgan fingerprint density at radius 2 is 2.00 bits per heavy atom. The van der Waals surface area contributed by atoms with E-state index in [1.54, 1.807) is 24.3 Å². The molecule has 0 atom stereocenters. The number of rotatable bonds is 4. The minimum Gasteiger partial charge on any atom is -0.508 e. The molecule has 23 heavy (non-hydrogen) atoms. The topological polar surface area (TPSA) is 65.1 Å². The van der Waals surface area contributed by atoms with Gasteiger partial charge in [0.1, 0.15) is 11.4 Å². The molecule has 1 aliphatic carbocycles. The van der Waals surface area contributed by atoms with Crippen molar-refractivity contribution < 1.29 is 9.90 Å². The van der Waals surface area contributed by atoms with Crippen LogP contribution < -0.4 is 5.32 Å². The number of aromatic amines is 1. The van der Waals surface area contributed by atoms with Crippen molar-refractivity contribution in [3.05, 3.63) is 30.0 Å². The molecule has 1 aliphatic rings. The highest BCUT2D eigenvalue weighted by Crippen LogP contribution is 2.32. The standard InChI is InChI=1S/C19H26N2O2/c1-12(2)14-5-3-13(4-6-14)11-20-19(23)18-10-15-9-16(22)7-8-17(15)21-18/h7-10,12-14,21-22H,3-6,11H2,1-2H3,(H,20,23). The lowest BCUT2D eigenvalue weighted by Gasteiger charge is -2.30. The van der Waals surface area contributed by atoms with E-state index < -0.39 is 0 Å². The number of hydrogen-bond acceptors (Lipinski definition) is 2. The lowest BCUT2D eigenvalue weighted by molar-refractivity contribution is 0.0935. The number of nitrogens with one attached hydrogen (secondary N) is 2. The van der Waals surface area contributed by atoms with Gasteiger partial charge in [-0.2, -0.15) is 0 Å². The number of hydrogen-bond donors (Lipinski definition) is 3. The molecule has 2 aromatic rings. The lowest BCUT2D eigenvalue weighted by Crippen LogP contribution is -2.32. The molecular weight excluding hydrogens is 288 g/mol. The van der Waals surface area contributed by atoms with E-state index in [1.807, 2.05) is 0 Å². The third-order valence-corrected chi connectivity index (χ3v) is 5.23. The highest BCUT2D eigenvalue weighted by Gasteiger charge is 2.23. The number of phenols is 1. The first-order valence-corrected chi connectivity index (χ1v) is 8.63. The van der Waals surface area contributed by atoms with Crippen LogP contribution in [0.2, 0.25) is 0 Å². The van der Waals surface area contributed by atoms with E-state index >= 15 is 0 Å². The summed E-state index contributed by atoms with van der Waals surface area (Å²) in [7, 11) is 0. The zero-order valence-electron chi connectivity index (χ0n) is 13.9. The zero-order chi connectivity index (χ0) is 16.4. The summed E-state index contributed by atoms with van der Waals surface area (Å²) in [5.41, 5.74) is 1.42. The molecule has 1 aromatic heterocycles. The van der Waals surface area contributed by atoms with Gasteiger partial charge in [0, 0.05) is 17.4 Å². The Morgan fingerprint density at radius 3 is 2.70 bits per heavy atom. The van der Waals surface area contributed by atoms with Crippen molar-refractivity contribution in [1.82, 2.24) is 10.3 Å². The first kappa shape index (κ1) is 15.9. The smallest absolute Gasteiger partial charge is 0.267 e. The fourth-order valence-electron chi connectivity index (χ4n) is 3.63. The first-order valence-electron chi connectivity index (χ1n) is 8.63. The second-order valence-electron chi connectivity index (χ2n) is 7.19. The molecule has 1 heterocycles. The van der Waals surface area contributed by atoms with Gasteiger partial charge in [0.2, 0.25) is 0 Å². The Kier molecular flexibility index (Phi) is 4.60. The minimum atomic E-state index is -0.0633. The van der Waals surface area contributed by atoms with Gasteiger partial charge >= 0.3 is 0 Å². The van der Waals surface area contributed by atoms with Gasteiger partial charge in [-0.25, -0.2) is 0 Å². The highest BCUT2D eigenvalue weighted by molar-refractivity contribution is 5.98. The van der Waals surface area contributed by atoms with Crippen LogP contribution in [0.1, 0.15) is 50.0 Å². The monoisotopic (exact) mass is 314 g/mol. The maximum atomic E-state index is 12.3. The number of fused-ring (bicyclic) bond motifs is 1. The Labute approximate surface area is 137 Å². The van der Waals surface area contributed by atoms with E-state index in [2.05, 4.69) is 24.1 Å². The van der Waals surface area contributed by atoms with Crippen LogP contribution in [0.25, 0.3) is 10.9 Å². The molecule has 3 N–H and O–H groups in total. The summed E-state index contributed by atoms with van der Waals surface area (Å²) in [6.07, 6.45) is 4.99. The third-order valence-electron chi connectivity index (χ3n) is 5.23. The van der Waals surface area contributed by atoms with Crippen LogP contribution >= 0.6 is 0 Å². The maximum Gasteiger partial charge on any atom is 0.267 e. The molecule has 0 spiro atoms. The van der Waals surface area contributed by atoms with Crippen LogP contribution in [-0.4, -0.2) is 22.5 Å². The normalized spacial score (nSPS) is 21.7. The SMILES string of the molecule is CC(C)C1CCC(CNC(=O)c2cc3cc(O)ccc3[nH]2)CC1. The molecule has 1 saturated carbocycles. The summed E-state index contributed by atoms with van der Waals surface area (Å²) in [6.45, 7) is 5.37. The molecule has 124 valence electrons. The predicted molar refractivity (Wildman–Crippen MR) is 92.6 cm³/mol. The number of phenolic OH excluding ortho intramolecular Hbond substituents is 1. The molecule has 3 rings (SSSR count). The van der Waals surface area contributed by atoms with Crippen molar-refractivity contribution in [2.75, 3.05) is 6.54 Å². The van der Waals surface area contributed by atoms with Crippen molar-refractivity contribution in [2.24, 2.45) is 17.8 Å². The van der Waals surface area contributed by atoms with Crippen LogP contribution in [-0.2, 0) is 0 Å². The molecule has 0 aliphatic heterocycles. The van der Waals surface area contributed by atoms with Gasteiger partial charge in [0.25, 0.3) is 5.91 Å². The van der Waals surface area contributed by atoms with Crippen molar-refractivity contribution in [3.8, 4) is 5.75 Å². The van der Waals surface area contributed by atoms with Crippen molar-refractivity contribution in [1.29, 1.82) is 0 Å². The van der Waals surface area contributed by atoms with Gasteiger partial charge in [-0.15, -0.1) is 0 Å². The average Bonchev–Trinajstić information content (AvgIpc) is 2.96. The van der Waals surface area contributed by atoms with Gasteiger partial charge in [0.15, 0.2) is 0 Å². The summed E-state index contributed by atoms with van der Waals surface area (Å²) in [5, 5.41) is 13.4. The molecule has 4 nitrogen and oxygen atoms in total. The van der Waals surface area contributed by atoms with Gasteiger partial charge < -0.3 is 15.4 Å². The Bertz CT molecular complexity index is 682. The molecular formula is C19H26N2O2.